The fourth-order valence-corrected chi connectivity index (χ4v) is 2.09. The number of amides is 2. The summed E-state index contributed by atoms with van der Waals surface area (Å²) in [6.07, 6.45) is 1.80. The van der Waals surface area contributed by atoms with Crippen LogP contribution in [0.3, 0.4) is 0 Å². The van der Waals surface area contributed by atoms with Gasteiger partial charge in [-0.1, -0.05) is 38.5 Å². The molecule has 4 N–H and O–H groups in total. The molecule has 2 atom stereocenters. The Morgan fingerprint density at radius 2 is 2.22 bits per heavy atom. The van der Waals surface area contributed by atoms with E-state index in [4.69, 9.17) is 0 Å². The molecule has 2 unspecified atom stereocenters. The minimum Gasteiger partial charge on any atom is -0.391 e. The molecule has 2 amide bonds. The zero-order chi connectivity index (χ0) is 16.7. The summed E-state index contributed by atoms with van der Waals surface area (Å²) in [5.74, 6) is 0.849. The van der Waals surface area contributed by atoms with Crippen molar-refractivity contribution in [3.63, 3.8) is 0 Å². The second kappa shape index (κ2) is 8.28. The molecule has 23 heavy (non-hydrogen) atoms. The lowest BCUT2D eigenvalue weighted by Crippen LogP contribution is -2.41. The van der Waals surface area contributed by atoms with E-state index in [9.17, 15) is 9.90 Å². The summed E-state index contributed by atoms with van der Waals surface area (Å²) < 4.78 is 0. The van der Waals surface area contributed by atoms with Gasteiger partial charge in [-0.15, -0.1) is 0 Å². The summed E-state index contributed by atoms with van der Waals surface area (Å²) >= 11 is 0. The molecule has 2 aromatic rings. The van der Waals surface area contributed by atoms with Crippen LogP contribution in [0.15, 0.2) is 30.6 Å². The van der Waals surface area contributed by atoms with Crippen LogP contribution in [-0.2, 0) is 6.54 Å². The topological polar surface area (TPSA) is 103 Å². The summed E-state index contributed by atoms with van der Waals surface area (Å²) in [5.41, 5.74) is 1.87. The normalized spacial score (nSPS) is 13.3. The highest BCUT2D eigenvalue weighted by molar-refractivity contribution is 5.73. The van der Waals surface area contributed by atoms with Crippen LogP contribution in [-0.4, -0.2) is 39.0 Å². The number of nitrogens with zero attached hydrogens (tertiary/aromatic N) is 2. The van der Waals surface area contributed by atoms with E-state index in [-0.39, 0.29) is 18.5 Å². The molecule has 0 saturated heterocycles. The van der Waals surface area contributed by atoms with Gasteiger partial charge in [0, 0.05) is 18.7 Å². The van der Waals surface area contributed by atoms with Gasteiger partial charge in [0.1, 0.15) is 6.33 Å². The van der Waals surface area contributed by atoms with Crippen molar-refractivity contribution in [2.45, 2.75) is 32.9 Å². The number of carbonyl (C=O) groups excluding carboxylic acids is 1. The van der Waals surface area contributed by atoms with Crippen LogP contribution in [0, 0.1) is 5.92 Å². The quantitative estimate of drug-likeness (QED) is 0.624. The molecule has 1 aromatic heterocycles. The zero-order valence-electron chi connectivity index (χ0n) is 13.4. The van der Waals surface area contributed by atoms with Crippen molar-refractivity contribution in [2.24, 2.45) is 5.92 Å². The van der Waals surface area contributed by atoms with Gasteiger partial charge in [0.05, 0.1) is 6.10 Å². The van der Waals surface area contributed by atoms with Gasteiger partial charge in [0.15, 0.2) is 5.82 Å². The Bertz CT molecular complexity index is 615. The number of urea groups is 1. The lowest BCUT2D eigenvalue weighted by Gasteiger charge is -2.17. The van der Waals surface area contributed by atoms with Crippen molar-refractivity contribution >= 4 is 6.03 Å². The highest BCUT2D eigenvalue weighted by Gasteiger charge is 2.13. The Hall–Kier alpha value is -2.41. The van der Waals surface area contributed by atoms with E-state index in [1.54, 1.807) is 0 Å². The molecule has 124 valence electrons. The van der Waals surface area contributed by atoms with Gasteiger partial charge in [-0.2, -0.15) is 5.10 Å². The number of rotatable bonds is 7. The Morgan fingerprint density at radius 1 is 1.39 bits per heavy atom. The van der Waals surface area contributed by atoms with Crippen molar-refractivity contribution in [1.29, 1.82) is 0 Å². The first-order valence-corrected chi connectivity index (χ1v) is 7.74. The largest absolute Gasteiger partial charge is 0.391 e. The SMILES string of the molecule is CCC(C)C(O)CNC(=O)NCc1cccc(-c2ncn[nH]2)c1. The van der Waals surface area contributed by atoms with Crippen molar-refractivity contribution in [1.82, 2.24) is 25.8 Å². The molecule has 0 aliphatic heterocycles. The smallest absolute Gasteiger partial charge is 0.315 e. The molecule has 2 rings (SSSR count). The maximum atomic E-state index is 11.8. The number of H-pyrrole nitrogens is 1. The third-order valence-corrected chi connectivity index (χ3v) is 3.84. The summed E-state index contributed by atoms with van der Waals surface area (Å²) in [6.45, 7) is 4.61. The predicted octanol–water partition coefficient (Wildman–Crippen LogP) is 1.68. The molecule has 0 aliphatic rings. The second-order valence-electron chi connectivity index (χ2n) is 5.55. The molecular weight excluding hydrogens is 294 g/mol. The van der Waals surface area contributed by atoms with Crippen LogP contribution in [0.4, 0.5) is 4.79 Å². The molecule has 7 heteroatoms. The highest BCUT2D eigenvalue weighted by atomic mass is 16.3. The molecular formula is C16H23N5O2. The standard InChI is InChI=1S/C16H23N5O2/c1-3-11(2)14(22)9-18-16(23)17-8-12-5-4-6-13(7-12)15-19-10-20-21-15/h4-7,10-11,14,22H,3,8-9H2,1-2H3,(H2,17,18,23)(H,19,20,21). The van der Waals surface area contributed by atoms with Gasteiger partial charge >= 0.3 is 6.03 Å². The molecule has 0 spiro atoms. The fourth-order valence-electron chi connectivity index (χ4n) is 2.09. The predicted molar refractivity (Wildman–Crippen MR) is 87.5 cm³/mol. The zero-order valence-corrected chi connectivity index (χ0v) is 13.4. The molecule has 0 aliphatic carbocycles. The average Bonchev–Trinajstić information content (AvgIpc) is 3.12. The fraction of sp³-hybridized carbons (Fsp3) is 0.438. The Morgan fingerprint density at radius 3 is 2.91 bits per heavy atom. The maximum absolute atomic E-state index is 11.8. The van der Waals surface area contributed by atoms with Gasteiger partial charge in [-0.25, -0.2) is 9.78 Å². The number of carbonyl (C=O) groups is 1. The Labute approximate surface area is 135 Å². The number of hydrogen-bond acceptors (Lipinski definition) is 4. The molecule has 0 saturated carbocycles. The molecule has 1 aromatic carbocycles. The summed E-state index contributed by atoms with van der Waals surface area (Å²) in [7, 11) is 0. The number of aliphatic hydroxyl groups is 1. The Kier molecular flexibility index (Phi) is 6.10. The van der Waals surface area contributed by atoms with Gasteiger partial charge < -0.3 is 15.7 Å². The van der Waals surface area contributed by atoms with Gasteiger partial charge in [0.25, 0.3) is 0 Å². The van der Waals surface area contributed by atoms with Crippen molar-refractivity contribution in [2.75, 3.05) is 6.54 Å². The van der Waals surface area contributed by atoms with Crippen LogP contribution in [0.5, 0.6) is 0 Å². The van der Waals surface area contributed by atoms with Crippen LogP contribution < -0.4 is 10.6 Å². The molecule has 7 nitrogen and oxygen atoms in total. The summed E-state index contributed by atoms with van der Waals surface area (Å²) in [4.78, 5) is 15.9. The lowest BCUT2D eigenvalue weighted by molar-refractivity contribution is 0.114. The molecule has 0 fully saturated rings. The van der Waals surface area contributed by atoms with Gasteiger partial charge in [-0.05, 0) is 17.5 Å². The number of benzene rings is 1. The highest BCUT2D eigenvalue weighted by Crippen LogP contribution is 2.15. The third-order valence-electron chi connectivity index (χ3n) is 3.84. The minimum atomic E-state index is -0.527. The first-order valence-electron chi connectivity index (χ1n) is 7.74. The van der Waals surface area contributed by atoms with E-state index in [2.05, 4.69) is 25.8 Å². The second-order valence-corrected chi connectivity index (χ2v) is 5.55. The first-order chi connectivity index (χ1) is 11.1. The number of aliphatic hydroxyl groups excluding tert-OH is 1. The van der Waals surface area contributed by atoms with Crippen LogP contribution in [0.25, 0.3) is 11.4 Å². The Balaban J connectivity index is 1.82. The van der Waals surface area contributed by atoms with E-state index in [0.717, 1.165) is 17.5 Å². The van der Waals surface area contributed by atoms with E-state index < -0.39 is 6.10 Å². The minimum absolute atomic E-state index is 0.161. The van der Waals surface area contributed by atoms with Gasteiger partial charge in [0.2, 0.25) is 0 Å². The monoisotopic (exact) mass is 317 g/mol. The molecule has 0 radical (unpaired) electrons. The van der Waals surface area contributed by atoms with Crippen molar-refractivity contribution in [3.8, 4) is 11.4 Å². The van der Waals surface area contributed by atoms with Gasteiger partial charge in [-0.3, -0.25) is 5.10 Å². The average molecular weight is 317 g/mol. The lowest BCUT2D eigenvalue weighted by atomic mass is 10.0. The number of nitrogens with one attached hydrogen (secondary N) is 3. The van der Waals surface area contributed by atoms with E-state index in [1.165, 1.54) is 6.33 Å². The number of aromatic amines is 1. The van der Waals surface area contributed by atoms with E-state index in [0.29, 0.717) is 12.4 Å². The third kappa shape index (κ3) is 5.07. The van der Waals surface area contributed by atoms with Crippen molar-refractivity contribution in [3.05, 3.63) is 36.2 Å². The van der Waals surface area contributed by atoms with Crippen LogP contribution >= 0.6 is 0 Å². The number of aromatic nitrogens is 3. The van der Waals surface area contributed by atoms with Crippen molar-refractivity contribution < 1.29 is 9.90 Å². The maximum Gasteiger partial charge on any atom is 0.315 e. The van der Waals surface area contributed by atoms with Crippen LogP contribution in [0.2, 0.25) is 0 Å². The molecule has 1 heterocycles. The first kappa shape index (κ1) is 17.0. The van der Waals surface area contributed by atoms with Crippen LogP contribution in [0.1, 0.15) is 25.8 Å². The molecule has 0 bridgehead atoms. The van der Waals surface area contributed by atoms with E-state index in [1.807, 2.05) is 38.1 Å². The van der Waals surface area contributed by atoms with E-state index >= 15 is 0 Å². The summed E-state index contributed by atoms with van der Waals surface area (Å²) in [5, 5.41) is 21.9. The number of hydrogen-bond donors (Lipinski definition) is 4. The summed E-state index contributed by atoms with van der Waals surface area (Å²) in [6, 6.07) is 7.40.